The average molecular weight is 559 g/mol. The first kappa shape index (κ1) is 26.1. The van der Waals surface area contributed by atoms with Gasteiger partial charge in [-0.3, -0.25) is 4.39 Å². The number of fused-ring (bicyclic) bond motifs is 1. The van der Waals surface area contributed by atoms with Crippen LogP contribution in [-0.2, 0) is 0 Å². The Bertz CT molecular complexity index is 965. The van der Waals surface area contributed by atoms with Crippen LogP contribution in [0.4, 0.5) is 4.39 Å². The number of benzene rings is 1. The van der Waals surface area contributed by atoms with Crippen molar-refractivity contribution < 1.29 is 9.13 Å². The second-order valence-electron chi connectivity index (χ2n) is 9.32. The van der Waals surface area contributed by atoms with E-state index in [0.29, 0.717) is 13.0 Å². The molecule has 2 heterocycles. The number of hydrogen-bond acceptors (Lipinski definition) is 2. The molecule has 0 spiro atoms. The van der Waals surface area contributed by atoms with Crippen LogP contribution in [0.15, 0.2) is 48.8 Å². The van der Waals surface area contributed by atoms with E-state index in [1.165, 1.54) is 51.8 Å². The number of unbranched alkanes of at least 4 members (excludes halogenated alkanes) is 3. The predicted octanol–water partition coefficient (Wildman–Crippen LogP) is 7.80. The van der Waals surface area contributed by atoms with Crippen LogP contribution in [0.2, 0.25) is 13.3 Å². The molecule has 0 aliphatic heterocycles. The summed E-state index contributed by atoms with van der Waals surface area (Å²) in [6.07, 6.45) is 13.0. The first-order valence-corrected chi connectivity index (χ1v) is 20.4. The van der Waals surface area contributed by atoms with Crippen molar-refractivity contribution in [3.63, 3.8) is 0 Å². The van der Waals surface area contributed by atoms with Gasteiger partial charge in [0.1, 0.15) is 0 Å². The quantitative estimate of drug-likeness (QED) is 0.140. The normalized spacial score (nSPS) is 11.9. The van der Waals surface area contributed by atoms with Gasteiger partial charge in [-0.15, -0.1) is 0 Å². The van der Waals surface area contributed by atoms with Gasteiger partial charge in [-0.1, -0.05) is 0 Å². The van der Waals surface area contributed by atoms with Crippen LogP contribution in [0.1, 0.15) is 65.7 Å². The molecular formula is C28H41FN2OSn. The van der Waals surface area contributed by atoms with Gasteiger partial charge in [0.2, 0.25) is 0 Å². The molecule has 0 fully saturated rings. The van der Waals surface area contributed by atoms with Gasteiger partial charge >= 0.3 is 200 Å². The third-order valence-electron chi connectivity index (χ3n) is 6.77. The molecule has 2 aromatic heterocycles. The molecular weight excluding hydrogens is 518 g/mol. The number of alkyl halides is 1. The third kappa shape index (κ3) is 6.97. The van der Waals surface area contributed by atoms with Gasteiger partial charge in [0.15, 0.2) is 0 Å². The summed E-state index contributed by atoms with van der Waals surface area (Å²) < 4.78 is 26.4. The zero-order valence-corrected chi connectivity index (χ0v) is 23.6. The van der Waals surface area contributed by atoms with E-state index in [2.05, 4.69) is 55.8 Å². The van der Waals surface area contributed by atoms with Crippen LogP contribution in [0.25, 0.3) is 16.9 Å². The molecule has 0 saturated heterocycles. The molecule has 33 heavy (non-hydrogen) atoms. The monoisotopic (exact) mass is 560 g/mol. The van der Waals surface area contributed by atoms with Crippen LogP contribution in [0, 0.1) is 0 Å². The van der Waals surface area contributed by atoms with Crippen LogP contribution in [0.3, 0.4) is 0 Å². The van der Waals surface area contributed by atoms with Crippen LogP contribution in [-0.4, -0.2) is 41.0 Å². The van der Waals surface area contributed by atoms with Gasteiger partial charge in [-0.05, 0) is 0 Å². The van der Waals surface area contributed by atoms with Gasteiger partial charge < -0.3 is 0 Å². The summed E-state index contributed by atoms with van der Waals surface area (Å²) in [6.45, 7) is 7.04. The molecule has 0 atom stereocenters. The zero-order valence-electron chi connectivity index (χ0n) is 20.8. The number of rotatable bonds is 15. The summed E-state index contributed by atoms with van der Waals surface area (Å²) in [5.74, 6) is 0.771. The molecule has 3 rings (SSSR count). The fraction of sp³-hybridized carbons (Fsp3) is 0.536. The second kappa shape index (κ2) is 13.4. The summed E-state index contributed by atoms with van der Waals surface area (Å²) in [5, 5.41) is 0. The van der Waals surface area contributed by atoms with E-state index < -0.39 is 18.4 Å². The Kier molecular flexibility index (Phi) is 10.5. The van der Waals surface area contributed by atoms with E-state index >= 15 is 0 Å². The van der Waals surface area contributed by atoms with Crippen molar-refractivity contribution in [3.05, 3.63) is 48.8 Å². The Labute approximate surface area is 203 Å². The van der Waals surface area contributed by atoms with E-state index in [0.717, 1.165) is 22.7 Å². The van der Waals surface area contributed by atoms with Crippen LogP contribution in [0.5, 0.6) is 5.75 Å². The standard InChI is InChI=1S/C16H14FN2O.3C4H9.Sn/c17-8-4-10-20-14-6-3-5-13(11-14)15-12-19-9-2-1-7-16(19)18-15;3*1-3-4-2;/h1,3,5-7,9,11-12H,4,8,10H2;3*1,3-4H2,2H3;. The maximum absolute atomic E-state index is 12.4. The van der Waals surface area contributed by atoms with Crippen molar-refractivity contribution in [1.82, 2.24) is 9.38 Å². The van der Waals surface area contributed by atoms with Gasteiger partial charge in [0.05, 0.1) is 0 Å². The van der Waals surface area contributed by atoms with Crippen LogP contribution < -0.4 is 8.32 Å². The molecule has 0 bridgehead atoms. The third-order valence-corrected chi connectivity index (χ3v) is 22.3. The van der Waals surface area contributed by atoms with E-state index in [-0.39, 0.29) is 6.67 Å². The molecule has 0 saturated carbocycles. The topological polar surface area (TPSA) is 26.5 Å². The Balaban J connectivity index is 1.93. The Hall–Kier alpha value is -1.56. The molecule has 1 aromatic carbocycles. The number of ether oxygens (including phenoxy) is 1. The molecule has 180 valence electrons. The van der Waals surface area contributed by atoms with Crippen molar-refractivity contribution in [2.75, 3.05) is 13.3 Å². The second-order valence-corrected chi connectivity index (χ2v) is 22.6. The number of halogens is 1. The van der Waals surface area contributed by atoms with Crippen molar-refractivity contribution in [3.8, 4) is 17.0 Å². The summed E-state index contributed by atoms with van der Waals surface area (Å²) in [4.78, 5) is 4.90. The SMILES string of the molecule is CCC[CH2][Sn]([CH2]CCC)([CH2]CCC)[c]1ccc2nc(-c3cccc(OCCCF)c3)cn2c1. The van der Waals surface area contributed by atoms with Crippen LogP contribution >= 0.6 is 0 Å². The zero-order chi connectivity index (χ0) is 23.5. The number of aromatic nitrogens is 2. The molecule has 3 nitrogen and oxygen atoms in total. The molecule has 0 amide bonds. The van der Waals surface area contributed by atoms with Crippen molar-refractivity contribution in [1.29, 1.82) is 0 Å². The molecule has 0 aliphatic rings. The summed E-state index contributed by atoms with van der Waals surface area (Å²) in [6, 6.07) is 12.6. The molecule has 3 aromatic rings. The molecule has 5 heteroatoms. The van der Waals surface area contributed by atoms with E-state index in [9.17, 15) is 4.39 Å². The van der Waals surface area contributed by atoms with Gasteiger partial charge in [-0.25, -0.2) is 0 Å². The Morgan fingerprint density at radius 1 is 0.879 bits per heavy atom. The summed E-state index contributed by atoms with van der Waals surface area (Å²) >= 11 is -2.47. The Morgan fingerprint density at radius 2 is 1.58 bits per heavy atom. The fourth-order valence-electron chi connectivity index (χ4n) is 4.79. The summed E-state index contributed by atoms with van der Waals surface area (Å²) in [5.41, 5.74) is 2.99. The minimum atomic E-state index is -2.47. The predicted molar refractivity (Wildman–Crippen MR) is 141 cm³/mol. The Morgan fingerprint density at radius 3 is 2.21 bits per heavy atom. The van der Waals surface area contributed by atoms with Gasteiger partial charge in [0, 0.05) is 0 Å². The average Bonchev–Trinajstić information content (AvgIpc) is 3.28. The van der Waals surface area contributed by atoms with Crippen molar-refractivity contribution >= 4 is 27.6 Å². The van der Waals surface area contributed by atoms with Crippen molar-refractivity contribution in [2.45, 2.75) is 79.0 Å². The molecule has 0 radical (unpaired) electrons. The number of pyridine rings is 1. The fourth-order valence-corrected chi connectivity index (χ4v) is 20.6. The van der Waals surface area contributed by atoms with E-state index in [1.807, 2.05) is 18.2 Å². The number of imidazole rings is 1. The maximum atomic E-state index is 12.4. The summed E-state index contributed by atoms with van der Waals surface area (Å²) in [7, 11) is 0. The number of nitrogens with zero attached hydrogens (tertiary/aromatic N) is 2. The van der Waals surface area contributed by atoms with Crippen molar-refractivity contribution in [2.24, 2.45) is 0 Å². The first-order valence-electron chi connectivity index (χ1n) is 12.9. The number of hydrogen-bond donors (Lipinski definition) is 0. The molecule has 0 unspecified atom stereocenters. The van der Waals surface area contributed by atoms with Gasteiger partial charge in [-0.2, -0.15) is 0 Å². The van der Waals surface area contributed by atoms with E-state index in [1.54, 1.807) is 3.58 Å². The first-order chi connectivity index (χ1) is 16.2. The minimum absolute atomic E-state index is 0.351. The molecule has 0 aliphatic carbocycles. The van der Waals surface area contributed by atoms with E-state index in [4.69, 9.17) is 9.72 Å². The molecule has 0 N–H and O–H groups in total. The van der Waals surface area contributed by atoms with Gasteiger partial charge in [0.25, 0.3) is 0 Å².